The molecule has 0 saturated heterocycles. The number of para-hydroxylation sites is 1. The van der Waals surface area contributed by atoms with Gasteiger partial charge >= 0.3 is 0 Å². The average Bonchev–Trinajstić information content (AvgIpc) is 3.18. The molecule has 0 spiro atoms. The zero-order chi connectivity index (χ0) is 15.6. The van der Waals surface area contributed by atoms with Crippen molar-refractivity contribution in [2.75, 3.05) is 0 Å². The van der Waals surface area contributed by atoms with Crippen LogP contribution in [0.15, 0.2) is 59.5 Å². The number of rotatable bonds is 1. The van der Waals surface area contributed by atoms with Gasteiger partial charge in [0.05, 0.1) is 16.6 Å². The van der Waals surface area contributed by atoms with Crippen molar-refractivity contribution in [2.45, 2.75) is 13.5 Å². The molecule has 4 nitrogen and oxygen atoms in total. The first-order chi connectivity index (χ1) is 11.3. The fraction of sp³-hybridized carbons (Fsp3) is 0.105. The first-order valence-electron chi connectivity index (χ1n) is 7.82. The van der Waals surface area contributed by atoms with Crippen molar-refractivity contribution in [3.8, 4) is 0 Å². The fourth-order valence-corrected chi connectivity index (χ4v) is 3.75. The topological polar surface area (TPSA) is 42.2 Å². The van der Waals surface area contributed by atoms with E-state index < -0.39 is 0 Å². The molecule has 4 heteroatoms. The standard InChI is InChI=1S/C19H15N3O/c1-2-21-13-7-4-3-6-12(13)17-14(21)9-10-15-18(17)20-19(23)16-8-5-11-22(15)16/h3-11H,2H2,1H3,(H,20,23). The summed E-state index contributed by atoms with van der Waals surface area (Å²) in [6.45, 7) is 3.04. The predicted molar refractivity (Wildman–Crippen MR) is 94.2 cm³/mol. The molecule has 0 saturated carbocycles. The summed E-state index contributed by atoms with van der Waals surface area (Å²) in [6.07, 6.45) is 1.94. The molecule has 1 N–H and O–H groups in total. The average molecular weight is 301 g/mol. The Morgan fingerprint density at radius 3 is 2.57 bits per heavy atom. The van der Waals surface area contributed by atoms with E-state index in [9.17, 15) is 4.79 Å². The van der Waals surface area contributed by atoms with Gasteiger partial charge in [-0.25, -0.2) is 0 Å². The fourth-order valence-electron chi connectivity index (χ4n) is 3.75. The second kappa shape index (κ2) is 4.26. The number of fused-ring (bicyclic) bond motifs is 7. The van der Waals surface area contributed by atoms with Gasteiger partial charge in [-0.1, -0.05) is 18.2 Å². The van der Waals surface area contributed by atoms with Crippen LogP contribution >= 0.6 is 0 Å². The smallest absolute Gasteiger partial charge is 0.272 e. The summed E-state index contributed by atoms with van der Waals surface area (Å²) in [5, 5.41) is 2.30. The lowest BCUT2D eigenvalue weighted by Crippen LogP contribution is -2.09. The number of aromatic nitrogens is 3. The molecule has 3 heterocycles. The predicted octanol–water partition coefficient (Wildman–Crippen LogP) is 3.91. The second-order valence-electron chi connectivity index (χ2n) is 5.83. The van der Waals surface area contributed by atoms with E-state index in [0.29, 0.717) is 5.52 Å². The summed E-state index contributed by atoms with van der Waals surface area (Å²) in [5.41, 5.74) is 4.91. The van der Waals surface area contributed by atoms with Crippen molar-refractivity contribution >= 4 is 38.4 Å². The van der Waals surface area contributed by atoms with E-state index in [0.717, 1.165) is 28.5 Å². The number of H-pyrrole nitrogens is 1. The Labute approximate surface area is 131 Å². The Kier molecular flexibility index (Phi) is 2.32. The van der Waals surface area contributed by atoms with E-state index in [-0.39, 0.29) is 5.56 Å². The van der Waals surface area contributed by atoms with Gasteiger partial charge in [0.1, 0.15) is 5.52 Å². The van der Waals surface area contributed by atoms with E-state index in [4.69, 9.17) is 0 Å². The van der Waals surface area contributed by atoms with Gasteiger partial charge in [0, 0.05) is 29.0 Å². The van der Waals surface area contributed by atoms with Crippen LogP contribution in [0.1, 0.15) is 6.92 Å². The monoisotopic (exact) mass is 301 g/mol. The largest absolute Gasteiger partial charge is 0.341 e. The maximum atomic E-state index is 12.4. The minimum atomic E-state index is -0.0525. The van der Waals surface area contributed by atoms with E-state index >= 15 is 0 Å². The number of aromatic amines is 1. The highest BCUT2D eigenvalue weighted by atomic mass is 16.1. The van der Waals surface area contributed by atoms with Gasteiger partial charge in [-0.2, -0.15) is 0 Å². The van der Waals surface area contributed by atoms with Crippen LogP contribution in [-0.4, -0.2) is 14.0 Å². The Bertz CT molecular complexity index is 1270. The molecule has 0 amide bonds. The Hall–Kier alpha value is -3.01. The zero-order valence-electron chi connectivity index (χ0n) is 12.7. The summed E-state index contributed by atoms with van der Waals surface area (Å²) >= 11 is 0. The van der Waals surface area contributed by atoms with Crippen LogP contribution in [-0.2, 0) is 6.54 Å². The number of benzene rings is 2. The van der Waals surface area contributed by atoms with E-state index in [1.54, 1.807) is 0 Å². The normalized spacial score (nSPS) is 12.0. The third kappa shape index (κ3) is 1.47. The molecule has 0 fully saturated rings. The quantitative estimate of drug-likeness (QED) is 0.501. The van der Waals surface area contributed by atoms with Gasteiger partial charge in [0.2, 0.25) is 0 Å². The molecule has 5 rings (SSSR count). The summed E-state index contributed by atoms with van der Waals surface area (Å²) in [6, 6.07) is 16.4. The highest BCUT2D eigenvalue weighted by molar-refractivity contribution is 6.19. The molecule has 5 aromatic rings. The van der Waals surface area contributed by atoms with Crippen LogP contribution in [0.2, 0.25) is 0 Å². The molecule has 0 bridgehead atoms. The molecule has 2 aromatic carbocycles. The molecule has 23 heavy (non-hydrogen) atoms. The third-order valence-electron chi connectivity index (χ3n) is 4.71. The van der Waals surface area contributed by atoms with Crippen LogP contribution in [0.3, 0.4) is 0 Å². The Morgan fingerprint density at radius 1 is 0.913 bits per heavy atom. The van der Waals surface area contributed by atoms with Gasteiger partial charge in [-0.05, 0) is 37.3 Å². The van der Waals surface area contributed by atoms with Crippen molar-refractivity contribution in [2.24, 2.45) is 0 Å². The molecular weight excluding hydrogens is 286 g/mol. The molecule has 112 valence electrons. The third-order valence-corrected chi connectivity index (χ3v) is 4.71. The van der Waals surface area contributed by atoms with Crippen molar-refractivity contribution in [3.05, 3.63) is 65.1 Å². The maximum absolute atomic E-state index is 12.4. The van der Waals surface area contributed by atoms with E-state index in [1.165, 1.54) is 10.9 Å². The van der Waals surface area contributed by atoms with Gasteiger partial charge in [0.15, 0.2) is 0 Å². The van der Waals surface area contributed by atoms with Crippen molar-refractivity contribution in [1.29, 1.82) is 0 Å². The van der Waals surface area contributed by atoms with E-state index in [2.05, 4.69) is 46.8 Å². The first kappa shape index (κ1) is 12.5. The minimum absolute atomic E-state index is 0.0525. The van der Waals surface area contributed by atoms with Gasteiger partial charge in [-0.3, -0.25) is 4.79 Å². The number of nitrogens with one attached hydrogen (secondary N) is 1. The molecule has 3 aromatic heterocycles. The van der Waals surface area contributed by atoms with Crippen molar-refractivity contribution in [3.63, 3.8) is 0 Å². The molecular formula is C19H15N3O. The summed E-state index contributed by atoms with van der Waals surface area (Å²) in [5.74, 6) is 0. The lowest BCUT2D eigenvalue weighted by atomic mass is 10.1. The van der Waals surface area contributed by atoms with Gasteiger partial charge in [-0.15, -0.1) is 0 Å². The van der Waals surface area contributed by atoms with Crippen LogP contribution in [0.4, 0.5) is 0 Å². The van der Waals surface area contributed by atoms with Crippen LogP contribution in [0.25, 0.3) is 38.4 Å². The minimum Gasteiger partial charge on any atom is -0.341 e. The van der Waals surface area contributed by atoms with Crippen LogP contribution < -0.4 is 5.56 Å². The molecule has 0 radical (unpaired) electrons. The molecule has 0 unspecified atom stereocenters. The molecule has 0 atom stereocenters. The molecule has 0 aliphatic carbocycles. The van der Waals surface area contributed by atoms with Crippen LogP contribution in [0, 0.1) is 0 Å². The number of hydrogen-bond acceptors (Lipinski definition) is 1. The summed E-state index contributed by atoms with van der Waals surface area (Å²) in [4.78, 5) is 15.5. The number of aryl methyl sites for hydroxylation is 1. The number of nitrogens with zero attached hydrogens (tertiary/aromatic N) is 2. The Morgan fingerprint density at radius 2 is 1.70 bits per heavy atom. The maximum Gasteiger partial charge on any atom is 0.272 e. The highest BCUT2D eigenvalue weighted by Gasteiger charge is 2.14. The lowest BCUT2D eigenvalue weighted by Gasteiger charge is -2.06. The molecule has 0 aliphatic rings. The second-order valence-corrected chi connectivity index (χ2v) is 5.83. The van der Waals surface area contributed by atoms with Crippen LogP contribution in [0.5, 0.6) is 0 Å². The highest BCUT2D eigenvalue weighted by Crippen LogP contribution is 2.33. The first-order valence-corrected chi connectivity index (χ1v) is 7.82. The summed E-state index contributed by atoms with van der Waals surface area (Å²) < 4.78 is 4.26. The lowest BCUT2D eigenvalue weighted by molar-refractivity contribution is 0.827. The van der Waals surface area contributed by atoms with E-state index in [1.807, 2.05) is 28.8 Å². The Balaban J connectivity index is 2.16. The summed E-state index contributed by atoms with van der Waals surface area (Å²) in [7, 11) is 0. The van der Waals surface area contributed by atoms with Gasteiger partial charge < -0.3 is 14.0 Å². The SMILES string of the molecule is CCn1c2ccccc2c2c3[nH]c(=O)c4cccn4c3ccc21. The van der Waals surface area contributed by atoms with Crippen molar-refractivity contribution < 1.29 is 0 Å². The van der Waals surface area contributed by atoms with Crippen molar-refractivity contribution in [1.82, 2.24) is 14.0 Å². The molecule has 0 aliphatic heterocycles. The number of hydrogen-bond donors (Lipinski definition) is 1. The zero-order valence-corrected chi connectivity index (χ0v) is 12.7. The van der Waals surface area contributed by atoms with Gasteiger partial charge in [0.25, 0.3) is 5.56 Å².